The van der Waals surface area contributed by atoms with Gasteiger partial charge in [-0.25, -0.2) is 0 Å². The van der Waals surface area contributed by atoms with E-state index in [1.54, 1.807) is 6.33 Å². The smallest absolute Gasteiger partial charge is 0.147 e. The summed E-state index contributed by atoms with van der Waals surface area (Å²) in [5.74, 6) is 1.25. The summed E-state index contributed by atoms with van der Waals surface area (Å²) in [6.07, 6.45) is 1.78. The van der Waals surface area contributed by atoms with E-state index in [0.29, 0.717) is 31.1 Å². The van der Waals surface area contributed by atoms with Crippen LogP contribution in [0.25, 0.3) is 10.9 Å². The minimum absolute atomic E-state index is 0.349. The second-order valence-electron chi connectivity index (χ2n) is 9.16. The predicted molar refractivity (Wildman–Crippen MR) is 141 cm³/mol. The first-order valence-corrected chi connectivity index (χ1v) is 12.2. The van der Waals surface area contributed by atoms with Crippen molar-refractivity contribution in [3.63, 3.8) is 0 Å². The number of hydrogen-bond acceptors (Lipinski definition) is 5. The monoisotopic (exact) mass is 472 g/mol. The maximum atomic E-state index is 9.08. The molecule has 0 N–H and O–H groups in total. The van der Waals surface area contributed by atoms with Crippen molar-refractivity contribution in [2.24, 2.45) is 0 Å². The van der Waals surface area contributed by atoms with Crippen molar-refractivity contribution in [2.45, 2.75) is 32.5 Å². The fraction of sp³-hybridized carbons (Fsp3) is 0.200. The van der Waals surface area contributed by atoms with Gasteiger partial charge >= 0.3 is 0 Å². The van der Waals surface area contributed by atoms with Crippen LogP contribution in [0, 0.1) is 11.3 Å². The number of fused-ring (bicyclic) bond motifs is 1. The molecule has 3 aromatic carbocycles. The van der Waals surface area contributed by atoms with Gasteiger partial charge in [-0.3, -0.25) is 9.88 Å². The van der Waals surface area contributed by atoms with Crippen LogP contribution in [0.1, 0.15) is 41.1 Å². The van der Waals surface area contributed by atoms with Crippen molar-refractivity contribution in [3.8, 4) is 6.07 Å². The summed E-state index contributed by atoms with van der Waals surface area (Å²) in [7, 11) is 0. The van der Waals surface area contributed by atoms with Crippen molar-refractivity contribution in [2.75, 3.05) is 6.54 Å². The molecule has 1 atom stereocenters. The van der Waals surface area contributed by atoms with Crippen LogP contribution >= 0.6 is 0 Å². The average Bonchev–Trinajstić information content (AvgIpc) is 3.35. The van der Waals surface area contributed by atoms with Crippen molar-refractivity contribution in [1.82, 2.24) is 24.6 Å². The van der Waals surface area contributed by atoms with Gasteiger partial charge in [0.25, 0.3) is 0 Å². The third-order valence-electron chi connectivity index (χ3n) is 6.44. The van der Waals surface area contributed by atoms with E-state index < -0.39 is 0 Å². The highest BCUT2D eigenvalue weighted by Gasteiger charge is 2.17. The molecule has 5 rings (SSSR count). The van der Waals surface area contributed by atoms with E-state index in [9.17, 15) is 0 Å². The molecular weight excluding hydrogens is 444 g/mol. The van der Waals surface area contributed by atoms with E-state index in [0.717, 1.165) is 34.5 Å². The lowest BCUT2D eigenvalue weighted by molar-refractivity contribution is 0.232. The van der Waals surface area contributed by atoms with Gasteiger partial charge in [-0.05, 0) is 41.3 Å². The molecule has 2 heterocycles. The van der Waals surface area contributed by atoms with Gasteiger partial charge in [0.15, 0.2) is 0 Å². The number of hydrogen-bond donors (Lipinski definition) is 0. The number of benzene rings is 3. The summed E-state index contributed by atoms with van der Waals surface area (Å²) in [4.78, 5) is 7.32. The topological polar surface area (TPSA) is 70.6 Å². The summed E-state index contributed by atoms with van der Waals surface area (Å²) in [6.45, 7) is 5.15. The molecule has 6 nitrogen and oxygen atoms in total. The number of nitriles is 1. The predicted octanol–water partition coefficient (Wildman–Crippen LogP) is 5.55. The molecule has 1 unspecified atom stereocenters. The van der Waals surface area contributed by atoms with Crippen molar-refractivity contribution < 1.29 is 0 Å². The fourth-order valence-corrected chi connectivity index (χ4v) is 4.50. The Labute approximate surface area is 211 Å². The summed E-state index contributed by atoms with van der Waals surface area (Å²) in [5.41, 5.74) is 5.12. The van der Waals surface area contributed by atoms with Crippen LogP contribution in [0.5, 0.6) is 0 Å². The third-order valence-corrected chi connectivity index (χ3v) is 6.44. The molecule has 0 saturated heterocycles. The van der Waals surface area contributed by atoms with Crippen molar-refractivity contribution in [3.05, 3.63) is 126 Å². The fourth-order valence-electron chi connectivity index (χ4n) is 4.50. The lowest BCUT2D eigenvalue weighted by atomic mass is 10.0. The van der Waals surface area contributed by atoms with Gasteiger partial charge in [0.1, 0.15) is 12.2 Å². The van der Waals surface area contributed by atoms with Crippen molar-refractivity contribution >= 4 is 10.9 Å². The number of aromatic nitrogens is 4. The Morgan fingerprint density at radius 3 is 2.47 bits per heavy atom. The highest BCUT2D eigenvalue weighted by atomic mass is 15.3. The minimum atomic E-state index is 0.349. The number of para-hydroxylation sites is 1. The Morgan fingerprint density at radius 2 is 1.67 bits per heavy atom. The maximum absolute atomic E-state index is 9.08. The lowest BCUT2D eigenvalue weighted by Crippen LogP contribution is -2.29. The minimum Gasteiger partial charge on any atom is -0.312 e. The molecule has 6 heteroatoms. The molecule has 0 aliphatic heterocycles. The largest absolute Gasteiger partial charge is 0.312 e. The first-order valence-electron chi connectivity index (χ1n) is 12.2. The molecule has 0 saturated carbocycles. The van der Waals surface area contributed by atoms with Crippen LogP contribution in [-0.4, -0.2) is 31.2 Å². The van der Waals surface area contributed by atoms with Crippen LogP contribution in [0.15, 0.2) is 97.3 Å². The molecule has 5 aromatic rings. The summed E-state index contributed by atoms with van der Waals surface area (Å²) >= 11 is 0. The molecule has 0 aliphatic rings. The third kappa shape index (κ3) is 5.65. The van der Waals surface area contributed by atoms with Crippen LogP contribution in [-0.2, 0) is 19.6 Å². The molecule has 0 spiro atoms. The zero-order valence-electron chi connectivity index (χ0n) is 20.3. The van der Waals surface area contributed by atoms with E-state index in [-0.39, 0.29) is 0 Å². The highest BCUT2D eigenvalue weighted by molar-refractivity contribution is 5.78. The van der Waals surface area contributed by atoms with Crippen LogP contribution in [0.2, 0.25) is 0 Å². The first-order chi connectivity index (χ1) is 17.7. The Hall–Kier alpha value is -4.34. The van der Waals surface area contributed by atoms with Gasteiger partial charge in [0, 0.05) is 18.5 Å². The van der Waals surface area contributed by atoms with Gasteiger partial charge in [-0.2, -0.15) is 5.26 Å². The average molecular weight is 473 g/mol. The Kier molecular flexibility index (Phi) is 7.11. The molecule has 0 radical (unpaired) electrons. The molecule has 0 aliphatic carbocycles. The standard InChI is InChI=1S/C30H28N6/c1-23(26-7-3-2-4-8-26)18-35(20-28-16-15-27-9-5-6-10-29(27)33-28)21-30-34-32-22-36(30)19-25-13-11-24(17-31)12-14-25/h2-16,22-23H,18-21H2,1H3. The molecule has 36 heavy (non-hydrogen) atoms. The van der Waals surface area contributed by atoms with Crippen molar-refractivity contribution in [1.29, 1.82) is 5.26 Å². The lowest BCUT2D eigenvalue weighted by Gasteiger charge is -2.25. The van der Waals surface area contributed by atoms with Crippen LogP contribution in [0.4, 0.5) is 0 Å². The molecule has 0 bridgehead atoms. The Morgan fingerprint density at radius 1 is 0.889 bits per heavy atom. The number of pyridine rings is 1. The Balaban J connectivity index is 1.38. The van der Waals surface area contributed by atoms with Gasteiger partial charge in [-0.15, -0.1) is 10.2 Å². The second-order valence-corrected chi connectivity index (χ2v) is 9.16. The Bertz CT molecular complexity index is 1470. The number of nitrogens with zero attached hydrogens (tertiary/aromatic N) is 6. The molecule has 0 fully saturated rings. The molecular formula is C30H28N6. The first kappa shape index (κ1) is 23.4. The summed E-state index contributed by atoms with van der Waals surface area (Å²) in [5, 5.41) is 18.9. The zero-order chi connectivity index (χ0) is 24.7. The summed E-state index contributed by atoms with van der Waals surface area (Å²) in [6, 6.07) is 32.9. The quantitative estimate of drug-likeness (QED) is 0.281. The van der Waals surface area contributed by atoms with E-state index in [2.05, 4.69) is 87.3 Å². The van der Waals surface area contributed by atoms with Gasteiger partial charge < -0.3 is 4.57 Å². The van der Waals surface area contributed by atoms with Gasteiger partial charge in [-0.1, -0.05) is 73.7 Å². The molecule has 2 aromatic heterocycles. The highest BCUT2D eigenvalue weighted by Crippen LogP contribution is 2.20. The van der Waals surface area contributed by atoms with Crippen LogP contribution < -0.4 is 0 Å². The van der Waals surface area contributed by atoms with E-state index in [1.165, 1.54) is 5.56 Å². The van der Waals surface area contributed by atoms with Gasteiger partial charge in [0.2, 0.25) is 0 Å². The zero-order valence-corrected chi connectivity index (χ0v) is 20.3. The normalized spacial score (nSPS) is 12.0. The SMILES string of the molecule is CC(CN(Cc1ccc2ccccc2n1)Cc1nncn1Cc1ccc(C#N)cc1)c1ccccc1. The second kappa shape index (κ2) is 10.9. The van der Waals surface area contributed by atoms with Crippen LogP contribution in [0.3, 0.4) is 0 Å². The van der Waals surface area contributed by atoms with E-state index in [4.69, 9.17) is 10.2 Å². The van der Waals surface area contributed by atoms with E-state index >= 15 is 0 Å². The molecule has 178 valence electrons. The number of rotatable bonds is 9. The summed E-state index contributed by atoms with van der Waals surface area (Å²) < 4.78 is 2.08. The van der Waals surface area contributed by atoms with Gasteiger partial charge in [0.05, 0.1) is 35.9 Å². The maximum Gasteiger partial charge on any atom is 0.147 e. The molecule has 0 amide bonds. The van der Waals surface area contributed by atoms with E-state index in [1.807, 2.05) is 36.4 Å².